The van der Waals surface area contributed by atoms with Gasteiger partial charge >= 0.3 is 0 Å². The van der Waals surface area contributed by atoms with Crippen LogP contribution in [0.2, 0.25) is 0 Å². The summed E-state index contributed by atoms with van der Waals surface area (Å²) in [5.74, 6) is 2.07. The standard InChI is InChI=1S/C22H22NO3/c1-25-19-6-8-20(9-7-19)26-23-12-10-16(11-13-23)21-14-17-4-2-3-5-18(17)15-22(21)24/h2-9,14-16H,10-13H2,1H3. The van der Waals surface area contributed by atoms with Crippen molar-refractivity contribution in [1.29, 1.82) is 0 Å². The number of rotatable bonds is 4. The fourth-order valence-corrected chi connectivity index (χ4v) is 3.60. The molecule has 0 aromatic heterocycles. The van der Waals surface area contributed by atoms with Gasteiger partial charge in [0.1, 0.15) is 11.5 Å². The molecule has 1 aliphatic heterocycles. The molecule has 133 valence electrons. The summed E-state index contributed by atoms with van der Waals surface area (Å²) in [5, 5.41) is 16.6. The number of nitrogens with zero attached hydrogens (tertiary/aromatic N) is 1. The molecule has 4 heteroatoms. The second-order valence-corrected chi connectivity index (χ2v) is 6.71. The van der Waals surface area contributed by atoms with Crippen LogP contribution >= 0.6 is 0 Å². The van der Waals surface area contributed by atoms with E-state index >= 15 is 0 Å². The minimum atomic E-state index is 0.151. The van der Waals surface area contributed by atoms with Crippen LogP contribution in [0.3, 0.4) is 0 Å². The van der Waals surface area contributed by atoms with Crippen LogP contribution in [-0.4, -0.2) is 25.3 Å². The zero-order valence-corrected chi connectivity index (χ0v) is 14.9. The molecule has 1 saturated heterocycles. The van der Waals surface area contributed by atoms with Crippen LogP contribution in [0.25, 0.3) is 10.8 Å². The summed E-state index contributed by atoms with van der Waals surface area (Å²) in [5.41, 5.74) is 0.938. The molecule has 4 rings (SSSR count). The van der Waals surface area contributed by atoms with Gasteiger partial charge in [-0.2, -0.15) is 0 Å². The third kappa shape index (κ3) is 3.46. The lowest BCUT2D eigenvalue weighted by Crippen LogP contribution is -2.35. The van der Waals surface area contributed by atoms with Crippen molar-refractivity contribution in [2.45, 2.75) is 18.8 Å². The van der Waals surface area contributed by atoms with Crippen molar-refractivity contribution in [3.05, 3.63) is 66.2 Å². The van der Waals surface area contributed by atoms with E-state index in [1.54, 1.807) is 13.2 Å². The third-order valence-electron chi connectivity index (χ3n) is 5.07. The summed E-state index contributed by atoms with van der Waals surface area (Å²) < 4.78 is 5.17. The fraction of sp³-hybridized carbons (Fsp3) is 0.273. The zero-order chi connectivity index (χ0) is 17.9. The number of piperidine rings is 1. The number of fused-ring (bicyclic) bond motifs is 1. The second kappa shape index (κ2) is 7.26. The highest BCUT2D eigenvalue weighted by Gasteiger charge is 2.24. The molecule has 0 spiro atoms. The normalized spacial score (nSPS) is 15.9. The molecule has 3 aromatic rings. The van der Waals surface area contributed by atoms with Gasteiger partial charge in [-0.1, -0.05) is 24.3 Å². The average molecular weight is 348 g/mol. The van der Waals surface area contributed by atoms with Crippen molar-refractivity contribution in [2.24, 2.45) is 0 Å². The van der Waals surface area contributed by atoms with Gasteiger partial charge in [0.05, 0.1) is 7.11 Å². The van der Waals surface area contributed by atoms with Crippen LogP contribution in [0.15, 0.2) is 60.7 Å². The molecule has 0 N–H and O–H groups in total. The molecular weight excluding hydrogens is 326 g/mol. The lowest BCUT2D eigenvalue weighted by molar-refractivity contribution is -0.0757. The first-order chi connectivity index (χ1) is 12.7. The van der Waals surface area contributed by atoms with Gasteiger partial charge in [0.15, 0.2) is 5.75 Å². The average Bonchev–Trinajstić information content (AvgIpc) is 2.69. The minimum absolute atomic E-state index is 0.151. The van der Waals surface area contributed by atoms with Gasteiger partial charge in [0.25, 0.3) is 0 Å². The monoisotopic (exact) mass is 348 g/mol. The van der Waals surface area contributed by atoms with Crippen LogP contribution < -0.4 is 9.57 Å². The van der Waals surface area contributed by atoms with Gasteiger partial charge in [-0.05, 0) is 65.9 Å². The van der Waals surface area contributed by atoms with Crippen molar-refractivity contribution in [2.75, 3.05) is 20.2 Å². The number of methoxy groups -OCH3 is 1. The minimum Gasteiger partial charge on any atom is -0.497 e. The Morgan fingerprint density at radius 1 is 0.885 bits per heavy atom. The Bertz CT molecular complexity index is 884. The molecule has 0 unspecified atom stereocenters. The first-order valence-corrected chi connectivity index (χ1v) is 8.99. The molecule has 1 heterocycles. The first kappa shape index (κ1) is 16.7. The number of ether oxygens (including phenoxy) is 1. The van der Waals surface area contributed by atoms with Gasteiger partial charge < -0.3 is 9.57 Å². The van der Waals surface area contributed by atoms with Crippen LogP contribution in [0, 0.1) is 0 Å². The van der Waals surface area contributed by atoms with Crippen LogP contribution in [0.5, 0.6) is 17.2 Å². The van der Waals surface area contributed by atoms with Crippen molar-refractivity contribution in [3.63, 3.8) is 0 Å². The molecule has 3 aromatic carbocycles. The lowest BCUT2D eigenvalue weighted by atomic mass is 9.88. The van der Waals surface area contributed by atoms with E-state index in [4.69, 9.17) is 9.57 Å². The fourth-order valence-electron chi connectivity index (χ4n) is 3.60. The Balaban J connectivity index is 1.42. The van der Waals surface area contributed by atoms with Gasteiger partial charge in [-0.3, -0.25) is 5.11 Å². The maximum absolute atomic E-state index is 12.5. The van der Waals surface area contributed by atoms with Gasteiger partial charge in [0.2, 0.25) is 0 Å². The Morgan fingerprint density at radius 3 is 2.15 bits per heavy atom. The van der Waals surface area contributed by atoms with Crippen molar-refractivity contribution in [3.8, 4) is 17.2 Å². The second-order valence-electron chi connectivity index (χ2n) is 6.71. The van der Waals surface area contributed by atoms with E-state index in [0.717, 1.165) is 53.8 Å². The zero-order valence-electron chi connectivity index (χ0n) is 14.9. The maximum Gasteiger partial charge on any atom is 0.182 e. The van der Waals surface area contributed by atoms with E-state index in [1.165, 1.54) is 0 Å². The number of hydrogen-bond donors (Lipinski definition) is 0. The van der Waals surface area contributed by atoms with Crippen molar-refractivity contribution in [1.82, 2.24) is 5.06 Å². The SMILES string of the molecule is COc1ccc(ON2CCC(c3cc4ccccc4cc3[O])CC2)cc1. The van der Waals surface area contributed by atoms with Crippen LogP contribution in [0.4, 0.5) is 0 Å². The highest BCUT2D eigenvalue weighted by atomic mass is 16.7. The van der Waals surface area contributed by atoms with E-state index < -0.39 is 0 Å². The predicted octanol–water partition coefficient (Wildman–Crippen LogP) is 5.17. The van der Waals surface area contributed by atoms with Crippen LogP contribution in [0.1, 0.15) is 24.3 Å². The van der Waals surface area contributed by atoms with Crippen molar-refractivity contribution >= 4 is 10.8 Å². The summed E-state index contributed by atoms with van der Waals surface area (Å²) in [6.45, 7) is 1.62. The number of hydroxylamine groups is 2. The summed E-state index contributed by atoms with van der Waals surface area (Å²) in [4.78, 5) is 5.94. The quantitative estimate of drug-likeness (QED) is 0.653. The van der Waals surface area contributed by atoms with Gasteiger partial charge in [-0.15, -0.1) is 5.06 Å². The molecule has 1 aliphatic rings. The predicted molar refractivity (Wildman–Crippen MR) is 101 cm³/mol. The summed E-state index contributed by atoms with van der Waals surface area (Å²) >= 11 is 0. The van der Waals surface area contributed by atoms with E-state index in [2.05, 4.69) is 12.1 Å². The molecule has 4 nitrogen and oxygen atoms in total. The third-order valence-corrected chi connectivity index (χ3v) is 5.07. The Hall–Kier alpha value is -2.72. The van der Waals surface area contributed by atoms with Crippen molar-refractivity contribution < 1.29 is 14.7 Å². The molecular formula is C22H22NO3. The highest BCUT2D eigenvalue weighted by molar-refractivity contribution is 5.85. The van der Waals surface area contributed by atoms with E-state index in [-0.39, 0.29) is 5.75 Å². The molecule has 0 aliphatic carbocycles. The largest absolute Gasteiger partial charge is 0.497 e. The van der Waals surface area contributed by atoms with E-state index in [1.807, 2.05) is 47.5 Å². The Morgan fingerprint density at radius 2 is 1.50 bits per heavy atom. The molecule has 0 bridgehead atoms. The molecule has 0 saturated carbocycles. The van der Waals surface area contributed by atoms with Gasteiger partial charge in [0, 0.05) is 18.7 Å². The molecule has 1 fully saturated rings. The number of benzene rings is 3. The smallest absolute Gasteiger partial charge is 0.182 e. The highest BCUT2D eigenvalue weighted by Crippen LogP contribution is 2.37. The molecule has 26 heavy (non-hydrogen) atoms. The van der Waals surface area contributed by atoms with Crippen LogP contribution in [-0.2, 0) is 5.11 Å². The Labute approximate surface area is 153 Å². The van der Waals surface area contributed by atoms with E-state index in [9.17, 15) is 5.11 Å². The topological polar surface area (TPSA) is 41.6 Å². The van der Waals surface area contributed by atoms with Gasteiger partial charge in [-0.25, -0.2) is 0 Å². The summed E-state index contributed by atoms with van der Waals surface area (Å²) in [6, 6.07) is 19.5. The first-order valence-electron chi connectivity index (χ1n) is 8.99. The summed E-state index contributed by atoms with van der Waals surface area (Å²) in [6.07, 6.45) is 1.84. The maximum atomic E-state index is 12.5. The molecule has 0 amide bonds. The van der Waals surface area contributed by atoms with E-state index in [0.29, 0.717) is 5.92 Å². The lowest BCUT2D eigenvalue weighted by Gasteiger charge is -2.31. The number of hydrogen-bond acceptors (Lipinski definition) is 3. The molecule has 1 radical (unpaired) electrons. The Kier molecular flexibility index (Phi) is 4.67. The molecule has 0 atom stereocenters. The summed E-state index contributed by atoms with van der Waals surface area (Å²) in [7, 11) is 1.65.